The fourth-order valence-electron chi connectivity index (χ4n) is 2.72. The van der Waals surface area contributed by atoms with Gasteiger partial charge >= 0.3 is 0 Å². The van der Waals surface area contributed by atoms with E-state index in [1.54, 1.807) is 36.4 Å². The molecule has 0 atom stereocenters. The quantitative estimate of drug-likeness (QED) is 0.674. The highest BCUT2D eigenvalue weighted by Gasteiger charge is 2.13. The summed E-state index contributed by atoms with van der Waals surface area (Å²) < 4.78 is 11.2. The third-order valence-electron chi connectivity index (χ3n) is 3.95. The van der Waals surface area contributed by atoms with Crippen molar-refractivity contribution in [2.75, 3.05) is 19.4 Å². The molecule has 0 unspecified atom stereocenters. The number of hydrogen-bond donors (Lipinski definition) is 1. The SMILES string of the molecule is CN(C)Cc1cccc(NC(=O)c2ccc(COc3ccccc3C#N)o2)c1. The molecule has 0 radical (unpaired) electrons. The second kappa shape index (κ2) is 8.89. The minimum Gasteiger partial charge on any atom is -0.484 e. The average molecular weight is 375 g/mol. The minimum absolute atomic E-state index is 0.129. The van der Waals surface area contributed by atoms with Crippen molar-refractivity contribution in [2.45, 2.75) is 13.2 Å². The molecular formula is C22H21N3O3. The number of anilines is 1. The molecule has 2 aromatic carbocycles. The van der Waals surface area contributed by atoms with Gasteiger partial charge in [0.2, 0.25) is 0 Å². The van der Waals surface area contributed by atoms with E-state index in [2.05, 4.69) is 16.3 Å². The Morgan fingerprint density at radius 1 is 1.14 bits per heavy atom. The lowest BCUT2D eigenvalue weighted by atomic mass is 10.2. The van der Waals surface area contributed by atoms with Crippen LogP contribution in [-0.2, 0) is 13.2 Å². The highest BCUT2D eigenvalue weighted by Crippen LogP contribution is 2.19. The number of carbonyl (C=O) groups excluding carboxylic acids is 1. The molecule has 1 heterocycles. The first kappa shape index (κ1) is 19.2. The Morgan fingerprint density at radius 2 is 1.96 bits per heavy atom. The van der Waals surface area contributed by atoms with Crippen LogP contribution < -0.4 is 10.1 Å². The average Bonchev–Trinajstić information content (AvgIpc) is 3.15. The van der Waals surface area contributed by atoms with Crippen LogP contribution in [0.2, 0.25) is 0 Å². The van der Waals surface area contributed by atoms with Crippen LogP contribution in [0.1, 0.15) is 27.4 Å². The summed E-state index contributed by atoms with van der Waals surface area (Å²) in [5.41, 5.74) is 2.26. The van der Waals surface area contributed by atoms with Gasteiger partial charge in [0.15, 0.2) is 5.76 Å². The summed E-state index contributed by atoms with van der Waals surface area (Å²) in [6.07, 6.45) is 0. The first-order valence-electron chi connectivity index (χ1n) is 8.81. The standard InChI is InChI=1S/C22H21N3O3/c1-25(2)14-16-6-5-8-18(12-16)24-22(26)21-11-10-19(28-21)15-27-20-9-4-3-7-17(20)13-23/h3-12H,14-15H2,1-2H3,(H,24,26). The number of rotatable bonds is 7. The number of hydrogen-bond acceptors (Lipinski definition) is 5. The summed E-state index contributed by atoms with van der Waals surface area (Å²) in [6, 6.07) is 20.0. The molecule has 0 aliphatic carbocycles. The molecule has 0 fully saturated rings. The monoisotopic (exact) mass is 375 g/mol. The van der Waals surface area contributed by atoms with E-state index in [9.17, 15) is 4.79 Å². The summed E-state index contributed by atoms with van der Waals surface area (Å²) in [4.78, 5) is 14.5. The van der Waals surface area contributed by atoms with Crippen molar-refractivity contribution in [3.8, 4) is 11.8 Å². The van der Waals surface area contributed by atoms with Gasteiger partial charge in [0, 0.05) is 12.2 Å². The highest BCUT2D eigenvalue weighted by molar-refractivity contribution is 6.02. The molecule has 6 nitrogen and oxygen atoms in total. The van der Waals surface area contributed by atoms with E-state index in [0.717, 1.165) is 12.1 Å². The molecule has 6 heteroatoms. The van der Waals surface area contributed by atoms with E-state index in [1.807, 2.05) is 38.4 Å². The third kappa shape index (κ3) is 5.00. The summed E-state index contributed by atoms with van der Waals surface area (Å²) >= 11 is 0. The molecule has 0 saturated heterocycles. The van der Waals surface area contributed by atoms with Crippen molar-refractivity contribution in [1.29, 1.82) is 5.26 Å². The van der Waals surface area contributed by atoms with Crippen LogP contribution in [0.5, 0.6) is 5.75 Å². The van der Waals surface area contributed by atoms with Gasteiger partial charge < -0.3 is 19.4 Å². The van der Waals surface area contributed by atoms with E-state index in [-0.39, 0.29) is 18.3 Å². The fourth-order valence-corrected chi connectivity index (χ4v) is 2.72. The largest absolute Gasteiger partial charge is 0.484 e. The van der Waals surface area contributed by atoms with Crippen molar-refractivity contribution in [3.63, 3.8) is 0 Å². The van der Waals surface area contributed by atoms with Gasteiger partial charge in [-0.05, 0) is 56.1 Å². The van der Waals surface area contributed by atoms with E-state index in [1.165, 1.54) is 0 Å². The zero-order valence-corrected chi connectivity index (χ0v) is 15.8. The highest BCUT2D eigenvalue weighted by atomic mass is 16.5. The predicted octanol–water partition coefficient (Wildman–Crippen LogP) is 4.04. The number of nitrogens with one attached hydrogen (secondary N) is 1. The number of nitriles is 1. The number of nitrogens with zero attached hydrogens (tertiary/aromatic N) is 2. The van der Waals surface area contributed by atoms with Crippen LogP contribution in [0.15, 0.2) is 65.1 Å². The minimum atomic E-state index is -0.328. The Bertz CT molecular complexity index is 1000. The maximum atomic E-state index is 12.4. The molecule has 1 aromatic heterocycles. The first-order valence-corrected chi connectivity index (χ1v) is 8.81. The molecular weight excluding hydrogens is 354 g/mol. The Kier molecular flexibility index (Phi) is 6.10. The summed E-state index contributed by atoms with van der Waals surface area (Å²) in [6.45, 7) is 0.917. The molecule has 0 spiro atoms. The van der Waals surface area contributed by atoms with Crippen LogP contribution in [-0.4, -0.2) is 24.9 Å². The zero-order valence-electron chi connectivity index (χ0n) is 15.8. The number of furan rings is 1. The topological polar surface area (TPSA) is 78.5 Å². The molecule has 0 saturated carbocycles. The van der Waals surface area contributed by atoms with Crippen molar-refractivity contribution >= 4 is 11.6 Å². The summed E-state index contributed by atoms with van der Waals surface area (Å²) in [7, 11) is 3.99. The maximum Gasteiger partial charge on any atom is 0.291 e. The second-order valence-corrected chi connectivity index (χ2v) is 6.55. The Hall–Kier alpha value is -3.56. The van der Waals surface area contributed by atoms with E-state index >= 15 is 0 Å². The summed E-state index contributed by atoms with van der Waals surface area (Å²) in [5, 5.41) is 11.9. The van der Waals surface area contributed by atoms with Gasteiger partial charge in [0.1, 0.15) is 24.2 Å². The third-order valence-corrected chi connectivity index (χ3v) is 3.95. The van der Waals surface area contributed by atoms with Gasteiger partial charge in [-0.3, -0.25) is 4.79 Å². The molecule has 0 aliphatic rings. The van der Waals surface area contributed by atoms with Crippen LogP contribution in [0.3, 0.4) is 0 Å². The van der Waals surface area contributed by atoms with Crippen molar-refractivity contribution in [3.05, 3.63) is 83.3 Å². The van der Waals surface area contributed by atoms with Crippen LogP contribution in [0.25, 0.3) is 0 Å². The van der Waals surface area contributed by atoms with Crippen LogP contribution in [0.4, 0.5) is 5.69 Å². The fraction of sp³-hybridized carbons (Fsp3) is 0.182. The van der Waals surface area contributed by atoms with E-state index in [4.69, 9.17) is 14.4 Å². The first-order chi connectivity index (χ1) is 13.5. The molecule has 1 N–H and O–H groups in total. The Labute approximate surface area is 164 Å². The number of para-hydroxylation sites is 1. The summed E-state index contributed by atoms with van der Waals surface area (Å²) in [5.74, 6) is 0.847. The smallest absolute Gasteiger partial charge is 0.291 e. The lowest BCUT2D eigenvalue weighted by Crippen LogP contribution is -2.13. The molecule has 3 aromatic rings. The number of amides is 1. The second-order valence-electron chi connectivity index (χ2n) is 6.55. The van der Waals surface area contributed by atoms with Crippen LogP contribution >= 0.6 is 0 Å². The van der Waals surface area contributed by atoms with E-state index in [0.29, 0.717) is 22.8 Å². The number of carbonyl (C=O) groups is 1. The van der Waals surface area contributed by atoms with Gasteiger partial charge in [-0.1, -0.05) is 24.3 Å². The normalized spacial score (nSPS) is 10.5. The lowest BCUT2D eigenvalue weighted by Gasteiger charge is -2.11. The Morgan fingerprint density at radius 3 is 2.75 bits per heavy atom. The van der Waals surface area contributed by atoms with Gasteiger partial charge in [-0.2, -0.15) is 5.26 Å². The molecule has 142 valence electrons. The molecule has 3 rings (SSSR count). The molecule has 28 heavy (non-hydrogen) atoms. The molecule has 0 bridgehead atoms. The molecule has 0 aliphatic heterocycles. The van der Waals surface area contributed by atoms with Crippen LogP contribution in [0, 0.1) is 11.3 Å². The van der Waals surface area contributed by atoms with Crippen molar-refractivity contribution in [2.24, 2.45) is 0 Å². The zero-order chi connectivity index (χ0) is 19.9. The van der Waals surface area contributed by atoms with Gasteiger partial charge in [-0.15, -0.1) is 0 Å². The van der Waals surface area contributed by atoms with Crippen molar-refractivity contribution < 1.29 is 13.9 Å². The Balaban J connectivity index is 1.62. The van der Waals surface area contributed by atoms with Crippen molar-refractivity contribution in [1.82, 2.24) is 4.90 Å². The molecule has 1 amide bonds. The van der Waals surface area contributed by atoms with Gasteiger partial charge in [-0.25, -0.2) is 0 Å². The predicted molar refractivity (Wildman–Crippen MR) is 106 cm³/mol. The van der Waals surface area contributed by atoms with Gasteiger partial charge in [0.05, 0.1) is 5.56 Å². The number of ether oxygens (including phenoxy) is 1. The van der Waals surface area contributed by atoms with Gasteiger partial charge in [0.25, 0.3) is 5.91 Å². The number of benzene rings is 2. The lowest BCUT2D eigenvalue weighted by molar-refractivity contribution is 0.0992. The van der Waals surface area contributed by atoms with E-state index < -0.39 is 0 Å². The maximum absolute atomic E-state index is 12.4.